The highest BCUT2D eigenvalue weighted by Crippen LogP contribution is 2.65. The first kappa shape index (κ1) is 39.2. The lowest BCUT2D eigenvalue weighted by atomic mass is 9.70. The van der Waals surface area contributed by atoms with Crippen molar-refractivity contribution in [3.8, 4) is 61.3 Å². The number of fused-ring (bicyclic) bond motifs is 13. The predicted molar refractivity (Wildman–Crippen MR) is 288 cm³/mol. The highest BCUT2D eigenvalue weighted by Gasteiger charge is 2.52. The molecule has 11 aromatic carbocycles. The summed E-state index contributed by atoms with van der Waals surface area (Å²) in [5, 5.41) is 2.45. The van der Waals surface area contributed by atoms with Crippen molar-refractivity contribution >= 4 is 38.9 Å². The Morgan fingerprint density at radius 2 is 0.754 bits per heavy atom. The van der Waals surface area contributed by atoms with Crippen molar-refractivity contribution in [2.45, 2.75) is 5.41 Å². The number of rotatable bonds is 7. The molecule has 2 nitrogen and oxygen atoms in total. The Balaban J connectivity index is 1.08. The topological polar surface area (TPSA) is 8.17 Å². The molecule has 69 heavy (non-hydrogen) atoms. The van der Waals surface area contributed by atoms with Gasteiger partial charge in [-0.05, 0) is 109 Å². The van der Waals surface area contributed by atoms with Crippen molar-refractivity contribution in [3.05, 3.63) is 289 Å². The number of anilines is 3. The summed E-state index contributed by atoms with van der Waals surface area (Å²) in [6.07, 6.45) is 0. The van der Waals surface area contributed by atoms with Crippen LogP contribution in [-0.4, -0.2) is 4.57 Å². The van der Waals surface area contributed by atoms with Crippen LogP contribution in [-0.2, 0) is 5.41 Å². The van der Waals surface area contributed by atoms with Crippen molar-refractivity contribution in [2.24, 2.45) is 0 Å². The lowest BCUT2D eigenvalue weighted by molar-refractivity contribution is 0.794. The van der Waals surface area contributed by atoms with Gasteiger partial charge in [0.2, 0.25) is 0 Å². The van der Waals surface area contributed by atoms with Gasteiger partial charge in [0.05, 0.1) is 27.8 Å². The lowest BCUT2D eigenvalue weighted by Crippen LogP contribution is -2.26. The fraction of sp³-hybridized carbons (Fsp3) is 0.0149. The molecule has 2 aliphatic carbocycles. The zero-order chi connectivity index (χ0) is 45.5. The smallest absolute Gasteiger partial charge is 0.0726 e. The Bertz CT molecular complexity index is 3930. The van der Waals surface area contributed by atoms with E-state index in [-0.39, 0.29) is 0 Å². The fourth-order valence-electron chi connectivity index (χ4n) is 12.1. The first-order chi connectivity index (χ1) is 34.3. The second kappa shape index (κ2) is 15.6. The second-order valence-corrected chi connectivity index (χ2v) is 18.3. The monoisotopic (exact) mass is 876 g/mol. The van der Waals surface area contributed by atoms with E-state index >= 15 is 0 Å². The van der Waals surface area contributed by atoms with Crippen LogP contribution < -0.4 is 4.90 Å². The lowest BCUT2D eigenvalue weighted by Gasteiger charge is -2.32. The fourth-order valence-corrected chi connectivity index (χ4v) is 12.1. The van der Waals surface area contributed by atoms with Crippen LogP contribution in [0.2, 0.25) is 0 Å². The number of hydrogen-bond donors (Lipinski definition) is 0. The number of aromatic nitrogens is 1. The summed E-state index contributed by atoms with van der Waals surface area (Å²) in [5.41, 5.74) is 23.8. The van der Waals surface area contributed by atoms with Gasteiger partial charge < -0.3 is 9.47 Å². The average molecular weight is 877 g/mol. The van der Waals surface area contributed by atoms with Gasteiger partial charge in [0.1, 0.15) is 0 Å². The minimum Gasteiger partial charge on any atom is -0.309 e. The van der Waals surface area contributed by atoms with Gasteiger partial charge in [-0.15, -0.1) is 0 Å². The van der Waals surface area contributed by atoms with Crippen molar-refractivity contribution < 1.29 is 0 Å². The molecule has 322 valence electrons. The summed E-state index contributed by atoms with van der Waals surface area (Å²) in [4.78, 5) is 2.56. The first-order valence-corrected chi connectivity index (χ1v) is 23.9. The van der Waals surface area contributed by atoms with Crippen LogP contribution in [0.15, 0.2) is 267 Å². The molecule has 0 atom stereocenters. The van der Waals surface area contributed by atoms with Gasteiger partial charge in [-0.25, -0.2) is 0 Å². The van der Waals surface area contributed by atoms with E-state index in [0.29, 0.717) is 0 Å². The molecule has 2 heteroatoms. The van der Waals surface area contributed by atoms with Crippen LogP contribution in [0.5, 0.6) is 0 Å². The standard InChI is InChI=1S/C67H44N2/c1-3-22-45(23-4-1)48-26-7-8-27-49(48)50-28-9-10-29-51(50)54-32-14-19-39-62(54)69(47-42-43-56-55-33-15-20-40-63(55)68(65(56)44-47)46-24-5-2-6-25-46)64-41-21-38-61-66(64)57-34-13-18-37-60(57)67(61)58-35-16-11-30-52(58)53-31-12-17-36-59(53)67/h1-44H. The summed E-state index contributed by atoms with van der Waals surface area (Å²) in [6.45, 7) is 0. The predicted octanol–water partition coefficient (Wildman–Crippen LogP) is 17.6. The summed E-state index contributed by atoms with van der Waals surface area (Å²) in [7, 11) is 0. The van der Waals surface area contributed by atoms with Gasteiger partial charge in [-0.1, -0.05) is 224 Å². The average Bonchev–Trinajstić information content (AvgIpc) is 4.04. The van der Waals surface area contributed by atoms with E-state index in [1.165, 1.54) is 88.6 Å². The van der Waals surface area contributed by atoms with Crippen LogP contribution in [0.1, 0.15) is 22.3 Å². The van der Waals surface area contributed by atoms with Gasteiger partial charge in [0.25, 0.3) is 0 Å². The zero-order valence-corrected chi connectivity index (χ0v) is 37.8. The van der Waals surface area contributed by atoms with E-state index < -0.39 is 5.41 Å². The molecule has 0 radical (unpaired) electrons. The van der Waals surface area contributed by atoms with Crippen molar-refractivity contribution in [2.75, 3.05) is 4.90 Å². The molecule has 2 aliphatic rings. The number of hydrogen-bond acceptors (Lipinski definition) is 1. The van der Waals surface area contributed by atoms with Gasteiger partial charge in [-0.2, -0.15) is 0 Å². The molecule has 12 aromatic rings. The normalized spacial score (nSPS) is 12.8. The van der Waals surface area contributed by atoms with E-state index in [1.807, 2.05) is 0 Å². The van der Waals surface area contributed by atoms with E-state index in [4.69, 9.17) is 0 Å². The van der Waals surface area contributed by atoms with Gasteiger partial charge in [0, 0.05) is 33.3 Å². The van der Waals surface area contributed by atoms with E-state index in [0.717, 1.165) is 33.8 Å². The number of benzene rings is 11. The highest BCUT2D eigenvalue weighted by atomic mass is 15.2. The summed E-state index contributed by atoms with van der Waals surface area (Å²) in [5.74, 6) is 0. The van der Waals surface area contributed by atoms with Crippen molar-refractivity contribution in [1.82, 2.24) is 4.57 Å². The zero-order valence-electron chi connectivity index (χ0n) is 37.8. The molecule has 14 rings (SSSR count). The Morgan fingerprint density at radius 1 is 0.290 bits per heavy atom. The SMILES string of the molecule is c1ccc(-c2ccccc2-c2ccccc2-c2ccccc2N(c2ccc3c4ccccc4n(-c4ccccc4)c3c2)c2cccc3c2-c2ccccc2C32c3ccccc3-c3ccccc32)cc1. The molecule has 0 saturated carbocycles. The molecule has 1 aromatic heterocycles. The summed E-state index contributed by atoms with van der Waals surface area (Å²) in [6, 6.07) is 98.7. The summed E-state index contributed by atoms with van der Waals surface area (Å²) >= 11 is 0. The van der Waals surface area contributed by atoms with Gasteiger partial charge >= 0.3 is 0 Å². The molecule has 0 aliphatic heterocycles. The van der Waals surface area contributed by atoms with Gasteiger partial charge in [0.15, 0.2) is 0 Å². The third kappa shape index (κ3) is 5.73. The number of nitrogens with zero attached hydrogens (tertiary/aromatic N) is 2. The van der Waals surface area contributed by atoms with Crippen LogP contribution in [0, 0.1) is 0 Å². The maximum atomic E-state index is 2.56. The molecule has 1 heterocycles. The Kier molecular flexibility index (Phi) is 8.84. The maximum absolute atomic E-state index is 2.56. The maximum Gasteiger partial charge on any atom is 0.0726 e. The highest BCUT2D eigenvalue weighted by molar-refractivity contribution is 6.11. The van der Waals surface area contributed by atoms with Crippen molar-refractivity contribution in [3.63, 3.8) is 0 Å². The van der Waals surface area contributed by atoms with Crippen molar-refractivity contribution in [1.29, 1.82) is 0 Å². The van der Waals surface area contributed by atoms with E-state index in [2.05, 4.69) is 276 Å². The molecule has 1 spiro atoms. The molecular formula is C67H44N2. The third-order valence-electron chi connectivity index (χ3n) is 14.8. The number of para-hydroxylation sites is 3. The molecular weight excluding hydrogens is 833 g/mol. The first-order valence-electron chi connectivity index (χ1n) is 23.9. The quantitative estimate of drug-likeness (QED) is 0.155. The Labute approximate surface area is 402 Å². The molecule has 0 saturated heterocycles. The van der Waals surface area contributed by atoms with E-state index in [1.54, 1.807) is 0 Å². The van der Waals surface area contributed by atoms with Crippen LogP contribution in [0.25, 0.3) is 83.1 Å². The molecule has 0 fully saturated rings. The van der Waals surface area contributed by atoms with E-state index in [9.17, 15) is 0 Å². The van der Waals surface area contributed by atoms with Crippen LogP contribution >= 0.6 is 0 Å². The molecule has 0 N–H and O–H groups in total. The van der Waals surface area contributed by atoms with Crippen LogP contribution in [0.3, 0.4) is 0 Å². The van der Waals surface area contributed by atoms with Crippen LogP contribution in [0.4, 0.5) is 17.1 Å². The minimum atomic E-state index is -0.488. The summed E-state index contributed by atoms with van der Waals surface area (Å²) < 4.78 is 2.43. The molecule has 0 amide bonds. The minimum absolute atomic E-state index is 0.488. The molecule has 0 bridgehead atoms. The Morgan fingerprint density at radius 3 is 1.45 bits per heavy atom. The second-order valence-electron chi connectivity index (χ2n) is 18.3. The molecule has 0 unspecified atom stereocenters. The third-order valence-corrected chi connectivity index (χ3v) is 14.8. The van der Waals surface area contributed by atoms with Gasteiger partial charge in [-0.3, -0.25) is 0 Å². The Hall–Kier alpha value is -8.98. The largest absolute Gasteiger partial charge is 0.309 e.